The zero-order valence-corrected chi connectivity index (χ0v) is 11.7. The van der Waals surface area contributed by atoms with Crippen LogP contribution in [0.5, 0.6) is 0 Å². The predicted octanol–water partition coefficient (Wildman–Crippen LogP) is 1.15. The Bertz CT molecular complexity index is 516. The van der Waals surface area contributed by atoms with Crippen LogP contribution in [0.4, 0.5) is 4.39 Å². The Hall–Kier alpha value is -0.690. The van der Waals surface area contributed by atoms with Crippen LogP contribution < -0.4 is 5.32 Å². The van der Waals surface area contributed by atoms with Crippen molar-refractivity contribution in [2.75, 3.05) is 26.2 Å². The monoisotopic (exact) mass is 294 g/mol. The number of hydrogen-bond donors (Lipinski definition) is 1. The van der Waals surface area contributed by atoms with E-state index < -0.39 is 15.8 Å². The molecule has 1 aromatic carbocycles. The summed E-state index contributed by atoms with van der Waals surface area (Å²) in [6.45, 7) is 3.72. The highest BCUT2D eigenvalue weighted by Crippen LogP contribution is 2.20. The number of piperazine rings is 1. The average molecular weight is 295 g/mol. The lowest BCUT2D eigenvalue weighted by Gasteiger charge is -2.26. The Morgan fingerprint density at radius 1 is 1.28 bits per heavy atom. The fraction of sp³-hybridized carbons (Fsp3) is 0.455. The van der Waals surface area contributed by atoms with Crippen LogP contribution in [-0.2, 0) is 10.0 Å². The number of aryl methyl sites for hydroxylation is 1. The van der Waals surface area contributed by atoms with Crippen LogP contribution in [0.25, 0.3) is 0 Å². The molecule has 0 amide bonds. The normalized spacial score (nSPS) is 17.2. The molecule has 1 aromatic rings. The molecular weight excluding hydrogens is 279 g/mol. The summed E-state index contributed by atoms with van der Waals surface area (Å²) in [5, 5.41) is 3.06. The number of sulfonamides is 1. The van der Waals surface area contributed by atoms with E-state index >= 15 is 0 Å². The molecule has 0 unspecified atom stereocenters. The molecule has 0 atom stereocenters. The topological polar surface area (TPSA) is 49.4 Å². The molecule has 0 bridgehead atoms. The molecule has 0 spiro atoms. The van der Waals surface area contributed by atoms with E-state index in [0.29, 0.717) is 26.2 Å². The van der Waals surface area contributed by atoms with Crippen molar-refractivity contribution in [2.24, 2.45) is 0 Å². The van der Waals surface area contributed by atoms with Crippen LogP contribution in [0.15, 0.2) is 23.1 Å². The van der Waals surface area contributed by atoms with Gasteiger partial charge in [-0.2, -0.15) is 4.31 Å². The van der Waals surface area contributed by atoms with Gasteiger partial charge in [0.2, 0.25) is 10.0 Å². The van der Waals surface area contributed by atoms with Gasteiger partial charge >= 0.3 is 0 Å². The van der Waals surface area contributed by atoms with Crippen LogP contribution in [0.1, 0.15) is 5.56 Å². The molecule has 2 rings (SSSR count). The van der Waals surface area contributed by atoms with Gasteiger partial charge in [-0.05, 0) is 24.6 Å². The lowest BCUT2D eigenvalue weighted by molar-refractivity contribution is 0.358. The standard InChI is InChI=1S/C11H15FN2O2S.ClH/c1-9-2-3-10(12)11(8-9)17(15,16)14-6-4-13-5-7-14;/h2-3,8,13H,4-7H2,1H3;1H. The van der Waals surface area contributed by atoms with Crippen molar-refractivity contribution in [2.45, 2.75) is 11.8 Å². The minimum absolute atomic E-state index is 0. The van der Waals surface area contributed by atoms with Gasteiger partial charge in [-0.3, -0.25) is 0 Å². The SMILES string of the molecule is Cc1ccc(F)c(S(=O)(=O)N2CCNCC2)c1.Cl. The highest BCUT2D eigenvalue weighted by atomic mass is 35.5. The first-order chi connectivity index (χ1) is 8.01. The first kappa shape index (κ1) is 15.4. The van der Waals surface area contributed by atoms with Crippen molar-refractivity contribution >= 4 is 22.4 Å². The van der Waals surface area contributed by atoms with Crippen molar-refractivity contribution in [1.82, 2.24) is 9.62 Å². The Balaban J connectivity index is 0.00000162. The number of rotatable bonds is 2. The lowest BCUT2D eigenvalue weighted by atomic mass is 10.2. The highest BCUT2D eigenvalue weighted by Gasteiger charge is 2.28. The van der Waals surface area contributed by atoms with Crippen LogP contribution in [0.2, 0.25) is 0 Å². The second-order valence-corrected chi connectivity index (χ2v) is 5.99. The van der Waals surface area contributed by atoms with Crippen LogP contribution in [0, 0.1) is 12.7 Å². The number of benzene rings is 1. The lowest BCUT2D eigenvalue weighted by Crippen LogP contribution is -2.46. The molecule has 1 aliphatic heterocycles. The number of hydrogen-bond acceptors (Lipinski definition) is 3. The van der Waals surface area contributed by atoms with E-state index in [1.807, 2.05) is 0 Å². The fourth-order valence-corrected chi connectivity index (χ4v) is 3.42. The third kappa shape index (κ3) is 3.00. The van der Waals surface area contributed by atoms with E-state index in [0.717, 1.165) is 5.56 Å². The molecule has 1 fully saturated rings. The summed E-state index contributed by atoms with van der Waals surface area (Å²) in [5.74, 6) is -0.686. The molecule has 0 saturated carbocycles. The van der Waals surface area contributed by atoms with Gasteiger partial charge < -0.3 is 5.32 Å². The van der Waals surface area contributed by atoms with Gasteiger partial charge in [0.25, 0.3) is 0 Å². The molecule has 102 valence electrons. The molecule has 1 saturated heterocycles. The number of nitrogens with one attached hydrogen (secondary N) is 1. The van der Waals surface area contributed by atoms with E-state index in [2.05, 4.69) is 5.32 Å². The molecule has 7 heteroatoms. The van der Waals surface area contributed by atoms with Gasteiger partial charge in [-0.1, -0.05) is 6.07 Å². The third-order valence-electron chi connectivity index (χ3n) is 2.78. The predicted molar refractivity (Wildman–Crippen MR) is 70.0 cm³/mol. The van der Waals surface area contributed by atoms with Crippen LogP contribution >= 0.6 is 12.4 Å². The zero-order valence-electron chi connectivity index (χ0n) is 10.0. The van der Waals surface area contributed by atoms with Crippen molar-refractivity contribution in [3.8, 4) is 0 Å². The van der Waals surface area contributed by atoms with Gasteiger partial charge in [0.15, 0.2) is 0 Å². The van der Waals surface area contributed by atoms with Crippen molar-refractivity contribution in [3.63, 3.8) is 0 Å². The third-order valence-corrected chi connectivity index (χ3v) is 4.69. The van der Waals surface area contributed by atoms with Gasteiger partial charge in [0.05, 0.1) is 0 Å². The Kier molecular flexibility index (Phi) is 5.10. The minimum Gasteiger partial charge on any atom is -0.314 e. The van der Waals surface area contributed by atoms with Gasteiger partial charge in [-0.15, -0.1) is 12.4 Å². The van der Waals surface area contributed by atoms with Crippen molar-refractivity contribution < 1.29 is 12.8 Å². The molecule has 1 N–H and O–H groups in total. The summed E-state index contributed by atoms with van der Waals surface area (Å²) in [5.41, 5.74) is 0.736. The smallest absolute Gasteiger partial charge is 0.246 e. The summed E-state index contributed by atoms with van der Waals surface area (Å²) in [7, 11) is -3.70. The van der Waals surface area contributed by atoms with E-state index in [4.69, 9.17) is 0 Å². The maximum absolute atomic E-state index is 13.6. The first-order valence-corrected chi connectivity index (χ1v) is 6.93. The Labute approximate surface area is 113 Å². The van der Waals surface area contributed by atoms with Gasteiger partial charge in [0, 0.05) is 26.2 Å². The summed E-state index contributed by atoms with van der Waals surface area (Å²) in [6.07, 6.45) is 0. The molecule has 1 aliphatic rings. The first-order valence-electron chi connectivity index (χ1n) is 5.49. The summed E-state index contributed by atoms with van der Waals surface area (Å²) >= 11 is 0. The maximum Gasteiger partial charge on any atom is 0.246 e. The van der Waals surface area contributed by atoms with Crippen molar-refractivity contribution in [1.29, 1.82) is 0 Å². The van der Waals surface area contributed by atoms with Gasteiger partial charge in [-0.25, -0.2) is 12.8 Å². The second-order valence-electron chi connectivity index (χ2n) is 4.09. The molecule has 4 nitrogen and oxygen atoms in total. The molecular formula is C11H16ClFN2O2S. The second kappa shape index (κ2) is 5.97. The Morgan fingerprint density at radius 3 is 2.50 bits per heavy atom. The quantitative estimate of drug-likeness (QED) is 0.890. The molecule has 0 radical (unpaired) electrons. The summed E-state index contributed by atoms with van der Waals surface area (Å²) in [6, 6.07) is 4.14. The fourth-order valence-electron chi connectivity index (χ4n) is 1.83. The maximum atomic E-state index is 13.6. The largest absolute Gasteiger partial charge is 0.314 e. The molecule has 0 aliphatic carbocycles. The number of halogens is 2. The average Bonchev–Trinajstić information content (AvgIpc) is 2.33. The van der Waals surface area contributed by atoms with Crippen LogP contribution in [0.3, 0.4) is 0 Å². The number of nitrogens with zero attached hydrogens (tertiary/aromatic N) is 1. The van der Waals surface area contributed by atoms with Gasteiger partial charge in [0.1, 0.15) is 10.7 Å². The minimum atomic E-state index is -3.70. The molecule has 0 aromatic heterocycles. The van der Waals surface area contributed by atoms with Crippen molar-refractivity contribution in [3.05, 3.63) is 29.6 Å². The summed E-state index contributed by atoms with van der Waals surface area (Å²) in [4.78, 5) is -0.223. The van der Waals surface area contributed by atoms with E-state index in [9.17, 15) is 12.8 Å². The van der Waals surface area contributed by atoms with Crippen LogP contribution in [-0.4, -0.2) is 38.9 Å². The Morgan fingerprint density at radius 2 is 1.89 bits per heavy atom. The van der Waals surface area contributed by atoms with E-state index in [1.54, 1.807) is 13.0 Å². The molecule has 1 heterocycles. The molecule has 18 heavy (non-hydrogen) atoms. The summed E-state index contributed by atoms with van der Waals surface area (Å²) < 4.78 is 39.4. The highest BCUT2D eigenvalue weighted by molar-refractivity contribution is 7.89. The zero-order chi connectivity index (χ0) is 12.5. The van der Waals surface area contributed by atoms with E-state index in [-0.39, 0.29) is 17.3 Å². The van der Waals surface area contributed by atoms with E-state index in [1.165, 1.54) is 16.4 Å².